The van der Waals surface area contributed by atoms with Crippen LogP contribution in [0.3, 0.4) is 0 Å². The van der Waals surface area contributed by atoms with Crippen LogP contribution in [0.15, 0.2) is 24.3 Å². The highest BCUT2D eigenvalue weighted by Gasteiger charge is 2.20. The van der Waals surface area contributed by atoms with Crippen molar-refractivity contribution < 1.29 is 14.8 Å². The van der Waals surface area contributed by atoms with Crippen LogP contribution in [-0.2, 0) is 0 Å². The summed E-state index contributed by atoms with van der Waals surface area (Å²) in [4.78, 5) is 12.6. The molecule has 6 heteroatoms. The zero-order valence-electron chi connectivity index (χ0n) is 12.3. The maximum Gasteiger partial charge on any atom is 0.310 e. The predicted octanol–water partition coefficient (Wildman–Crippen LogP) is 2.07. The van der Waals surface area contributed by atoms with Crippen LogP contribution in [-0.4, -0.2) is 47.3 Å². The van der Waals surface area contributed by atoms with Gasteiger partial charge in [-0.15, -0.1) is 0 Å². The number of ether oxygens (including phenoxy) is 1. The second-order valence-corrected chi connectivity index (χ2v) is 5.67. The van der Waals surface area contributed by atoms with Crippen LogP contribution in [0, 0.1) is 16.0 Å². The molecule has 21 heavy (non-hydrogen) atoms. The van der Waals surface area contributed by atoms with Crippen molar-refractivity contribution in [1.82, 2.24) is 4.90 Å². The average Bonchev–Trinajstić information content (AvgIpc) is 2.48. The van der Waals surface area contributed by atoms with Crippen molar-refractivity contribution in [2.45, 2.75) is 25.9 Å². The molecule has 0 spiro atoms. The van der Waals surface area contributed by atoms with Gasteiger partial charge in [-0.1, -0.05) is 19.1 Å². The number of para-hydroxylation sites is 2. The van der Waals surface area contributed by atoms with Gasteiger partial charge in [0, 0.05) is 12.6 Å². The number of nitro benzene ring substituents is 1. The Balaban J connectivity index is 1.81. The topological polar surface area (TPSA) is 75.8 Å². The number of likely N-dealkylation sites (tertiary alicyclic amines) is 1. The monoisotopic (exact) mass is 294 g/mol. The summed E-state index contributed by atoms with van der Waals surface area (Å²) in [5.41, 5.74) is -0.0727. The van der Waals surface area contributed by atoms with Crippen LogP contribution in [0.25, 0.3) is 0 Å². The SMILES string of the molecule is CC1CCN(C[C@@H](O)COc2ccccc2[N+](=O)[O-])CC1. The zero-order valence-corrected chi connectivity index (χ0v) is 12.3. The minimum Gasteiger partial charge on any atom is -0.484 e. The van der Waals surface area contributed by atoms with Crippen LogP contribution in [0.5, 0.6) is 5.75 Å². The maximum absolute atomic E-state index is 10.9. The van der Waals surface area contributed by atoms with E-state index in [4.69, 9.17) is 4.74 Å². The highest BCUT2D eigenvalue weighted by molar-refractivity contribution is 5.45. The number of nitro groups is 1. The fourth-order valence-corrected chi connectivity index (χ4v) is 2.51. The second-order valence-electron chi connectivity index (χ2n) is 5.67. The molecule has 1 aliphatic rings. The fraction of sp³-hybridized carbons (Fsp3) is 0.600. The Bertz CT molecular complexity index is 472. The van der Waals surface area contributed by atoms with E-state index in [0.29, 0.717) is 6.54 Å². The molecule has 1 aromatic carbocycles. The normalized spacial score (nSPS) is 18.4. The zero-order chi connectivity index (χ0) is 15.2. The third-order valence-electron chi connectivity index (χ3n) is 3.84. The first-order valence-electron chi connectivity index (χ1n) is 7.33. The highest BCUT2D eigenvalue weighted by atomic mass is 16.6. The standard InChI is InChI=1S/C15H22N2O4/c1-12-6-8-16(9-7-12)10-13(18)11-21-15-5-3-2-4-14(15)17(19)20/h2-5,12-13,18H,6-11H2,1H3/t13-/m1/s1. The van der Waals surface area contributed by atoms with Crippen molar-refractivity contribution in [3.8, 4) is 5.75 Å². The molecular formula is C15H22N2O4. The van der Waals surface area contributed by atoms with Gasteiger partial charge in [-0.25, -0.2) is 0 Å². The van der Waals surface area contributed by atoms with Gasteiger partial charge >= 0.3 is 5.69 Å². The number of nitrogens with zero attached hydrogens (tertiary/aromatic N) is 2. The summed E-state index contributed by atoms with van der Waals surface area (Å²) in [7, 11) is 0. The van der Waals surface area contributed by atoms with E-state index >= 15 is 0 Å². The van der Waals surface area contributed by atoms with Gasteiger partial charge in [0.25, 0.3) is 0 Å². The highest BCUT2D eigenvalue weighted by Crippen LogP contribution is 2.26. The number of piperidine rings is 1. The number of β-amino-alcohol motifs (C(OH)–C–C–N with tert-alkyl or cyclic N) is 1. The molecule has 1 atom stereocenters. The van der Waals surface area contributed by atoms with Gasteiger partial charge in [0.05, 0.1) is 4.92 Å². The Morgan fingerprint density at radius 2 is 2.10 bits per heavy atom. The Labute approximate surface area is 124 Å². The first-order valence-corrected chi connectivity index (χ1v) is 7.33. The summed E-state index contributed by atoms with van der Waals surface area (Å²) in [6.07, 6.45) is 1.66. The largest absolute Gasteiger partial charge is 0.484 e. The number of benzene rings is 1. The van der Waals surface area contributed by atoms with Gasteiger partial charge < -0.3 is 14.7 Å². The van der Waals surface area contributed by atoms with Crippen molar-refractivity contribution >= 4 is 5.69 Å². The van der Waals surface area contributed by atoms with E-state index in [1.54, 1.807) is 18.2 Å². The van der Waals surface area contributed by atoms with Crippen molar-refractivity contribution in [2.24, 2.45) is 5.92 Å². The van der Waals surface area contributed by atoms with E-state index in [-0.39, 0.29) is 18.0 Å². The van der Waals surface area contributed by atoms with E-state index < -0.39 is 11.0 Å². The molecule has 116 valence electrons. The third-order valence-corrected chi connectivity index (χ3v) is 3.84. The number of hydrogen-bond donors (Lipinski definition) is 1. The van der Waals surface area contributed by atoms with E-state index in [0.717, 1.165) is 31.8 Å². The molecule has 1 saturated heterocycles. The number of hydrogen-bond acceptors (Lipinski definition) is 5. The smallest absolute Gasteiger partial charge is 0.310 e. The van der Waals surface area contributed by atoms with Crippen LogP contribution in [0.2, 0.25) is 0 Å². The van der Waals surface area contributed by atoms with Gasteiger partial charge in [0.1, 0.15) is 12.7 Å². The van der Waals surface area contributed by atoms with Gasteiger partial charge in [0.2, 0.25) is 0 Å². The number of aliphatic hydroxyl groups excluding tert-OH is 1. The molecule has 0 amide bonds. The Kier molecular flexibility index (Phi) is 5.52. The fourth-order valence-electron chi connectivity index (χ4n) is 2.51. The molecule has 0 saturated carbocycles. The van der Waals surface area contributed by atoms with Gasteiger partial charge in [0.15, 0.2) is 5.75 Å². The van der Waals surface area contributed by atoms with Crippen molar-refractivity contribution in [1.29, 1.82) is 0 Å². The summed E-state index contributed by atoms with van der Waals surface area (Å²) in [5, 5.41) is 20.9. The summed E-state index contributed by atoms with van der Waals surface area (Å²) in [5.74, 6) is 0.954. The molecule has 1 fully saturated rings. The molecule has 0 radical (unpaired) electrons. The van der Waals surface area contributed by atoms with Gasteiger partial charge in [-0.3, -0.25) is 10.1 Å². The first kappa shape index (κ1) is 15.7. The lowest BCUT2D eigenvalue weighted by Gasteiger charge is -2.31. The third kappa shape index (κ3) is 4.68. The Morgan fingerprint density at radius 3 is 2.76 bits per heavy atom. The van der Waals surface area contributed by atoms with Crippen molar-refractivity contribution in [3.05, 3.63) is 34.4 Å². The molecule has 1 N–H and O–H groups in total. The molecule has 0 aliphatic carbocycles. The Hall–Kier alpha value is -1.66. The lowest BCUT2D eigenvalue weighted by atomic mass is 9.99. The van der Waals surface area contributed by atoms with Crippen LogP contribution in [0.4, 0.5) is 5.69 Å². The average molecular weight is 294 g/mol. The van der Waals surface area contributed by atoms with Crippen LogP contribution < -0.4 is 4.74 Å². The summed E-state index contributed by atoms with van der Waals surface area (Å²) >= 11 is 0. The minimum absolute atomic E-state index is 0.0664. The quantitative estimate of drug-likeness (QED) is 0.642. The van der Waals surface area contributed by atoms with Crippen molar-refractivity contribution in [2.75, 3.05) is 26.2 Å². The van der Waals surface area contributed by atoms with E-state index in [1.165, 1.54) is 6.07 Å². The van der Waals surface area contributed by atoms with Gasteiger partial charge in [-0.2, -0.15) is 0 Å². The van der Waals surface area contributed by atoms with E-state index in [9.17, 15) is 15.2 Å². The summed E-state index contributed by atoms with van der Waals surface area (Å²) in [6.45, 7) is 4.84. The molecule has 1 heterocycles. The summed E-state index contributed by atoms with van der Waals surface area (Å²) in [6, 6.07) is 6.22. The summed E-state index contributed by atoms with van der Waals surface area (Å²) < 4.78 is 5.40. The molecule has 0 unspecified atom stereocenters. The second kappa shape index (κ2) is 7.38. The van der Waals surface area contributed by atoms with Gasteiger partial charge in [-0.05, 0) is 37.9 Å². The van der Waals surface area contributed by atoms with E-state index in [1.807, 2.05) is 0 Å². The van der Waals surface area contributed by atoms with Crippen LogP contribution in [0.1, 0.15) is 19.8 Å². The molecule has 1 aromatic rings. The Morgan fingerprint density at radius 1 is 1.43 bits per heavy atom. The van der Waals surface area contributed by atoms with Crippen LogP contribution >= 0.6 is 0 Å². The maximum atomic E-state index is 10.9. The molecule has 0 aromatic heterocycles. The molecular weight excluding hydrogens is 272 g/mol. The number of rotatable bonds is 6. The lowest BCUT2D eigenvalue weighted by Crippen LogP contribution is -2.40. The first-order chi connectivity index (χ1) is 10.1. The molecule has 0 bridgehead atoms. The molecule has 6 nitrogen and oxygen atoms in total. The van der Waals surface area contributed by atoms with Crippen molar-refractivity contribution in [3.63, 3.8) is 0 Å². The number of aliphatic hydroxyl groups is 1. The minimum atomic E-state index is -0.641. The molecule has 1 aliphatic heterocycles. The lowest BCUT2D eigenvalue weighted by molar-refractivity contribution is -0.385. The molecule has 2 rings (SSSR count). The van der Waals surface area contributed by atoms with E-state index in [2.05, 4.69) is 11.8 Å². The predicted molar refractivity (Wildman–Crippen MR) is 79.4 cm³/mol.